The van der Waals surface area contributed by atoms with Crippen molar-refractivity contribution < 1.29 is 23.2 Å². The molecule has 1 saturated heterocycles. The number of carbonyl (C=O) groups excluding carboxylic acids is 3. The Labute approximate surface area is 160 Å². The molecule has 1 fully saturated rings. The predicted molar refractivity (Wildman–Crippen MR) is 97.1 cm³/mol. The highest BCUT2D eigenvalue weighted by molar-refractivity contribution is 6.09. The number of nitrogens with zero attached hydrogens (tertiary/aromatic N) is 1. The van der Waals surface area contributed by atoms with Crippen LogP contribution in [-0.2, 0) is 21.5 Å². The first-order valence-electron chi connectivity index (χ1n) is 8.71. The Kier molecular flexibility index (Phi) is 5.39. The minimum atomic E-state index is -1.78. The van der Waals surface area contributed by atoms with Crippen LogP contribution in [0.4, 0.5) is 13.6 Å². The van der Waals surface area contributed by atoms with Crippen LogP contribution in [0.1, 0.15) is 18.1 Å². The van der Waals surface area contributed by atoms with E-state index in [-0.39, 0.29) is 5.56 Å². The number of nitrogens with one attached hydrogen (secondary N) is 2. The first-order valence-corrected chi connectivity index (χ1v) is 8.71. The molecule has 8 heteroatoms. The van der Waals surface area contributed by atoms with Gasteiger partial charge >= 0.3 is 6.03 Å². The summed E-state index contributed by atoms with van der Waals surface area (Å²) in [6.45, 7) is 1.10. The summed E-state index contributed by atoms with van der Waals surface area (Å²) >= 11 is 0. The zero-order chi connectivity index (χ0) is 20.3. The number of carbonyl (C=O) groups is 3. The number of urea groups is 1. The van der Waals surface area contributed by atoms with Crippen LogP contribution in [-0.4, -0.2) is 35.8 Å². The minimum Gasteiger partial charge on any atom is -0.354 e. The van der Waals surface area contributed by atoms with E-state index in [1.54, 1.807) is 0 Å². The molecule has 0 radical (unpaired) electrons. The molecule has 0 spiro atoms. The molecular formula is C20H19F2N3O3. The Bertz CT molecular complexity index is 920. The van der Waals surface area contributed by atoms with E-state index in [4.69, 9.17) is 0 Å². The third-order valence-electron chi connectivity index (χ3n) is 4.62. The van der Waals surface area contributed by atoms with Gasteiger partial charge in [-0.15, -0.1) is 0 Å². The number of rotatable bonds is 6. The van der Waals surface area contributed by atoms with E-state index in [1.807, 2.05) is 30.3 Å². The molecule has 2 N–H and O–H groups in total. The van der Waals surface area contributed by atoms with Crippen molar-refractivity contribution >= 4 is 17.8 Å². The standard InChI is InChI=1S/C20H19F2N3O3/c1-20(15-11-14(21)7-8-16(15)22)18(27)25(19(28)24-20)12-17(26)23-10-9-13-5-3-2-4-6-13/h2-8,11H,9-10,12H2,1H3,(H,23,26)(H,24,28)/t20-/m1/s1. The van der Waals surface area contributed by atoms with Gasteiger partial charge in [-0.25, -0.2) is 13.6 Å². The van der Waals surface area contributed by atoms with E-state index >= 15 is 0 Å². The van der Waals surface area contributed by atoms with Gasteiger partial charge < -0.3 is 10.6 Å². The summed E-state index contributed by atoms with van der Waals surface area (Å²) in [6, 6.07) is 11.3. The third kappa shape index (κ3) is 3.85. The van der Waals surface area contributed by atoms with E-state index in [1.165, 1.54) is 6.92 Å². The van der Waals surface area contributed by atoms with E-state index in [9.17, 15) is 23.2 Å². The summed E-state index contributed by atoms with van der Waals surface area (Å²) in [7, 11) is 0. The SMILES string of the molecule is C[C@]1(c2cc(F)ccc2F)NC(=O)N(CC(=O)NCCc2ccccc2)C1=O. The van der Waals surface area contributed by atoms with E-state index < -0.39 is 41.6 Å². The predicted octanol–water partition coefficient (Wildman–Crippen LogP) is 2.09. The Balaban J connectivity index is 1.65. The first-order chi connectivity index (χ1) is 13.3. The fourth-order valence-corrected chi connectivity index (χ4v) is 3.09. The van der Waals surface area contributed by atoms with Crippen LogP contribution in [0.2, 0.25) is 0 Å². The van der Waals surface area contributed by atoms with Crippen LogP contribution in [0.5, 0.6) is 0 Å². The highest BCUT2D eigenvalue weighted by atomic mass is 19.1. The molecule has 0 unspecified atom stereocenters. The van der Waals surface area contributed by atoms with E-state index in [0.29, 0.717) is 17.9 Å². The molecule has 28 heavy (non-hydrogen) atoms. The number of hydrogen-bond acceptors (Lipinski definition) is 3. The molecule has 1 aliphatic rings. The average molecular weight is 387 g/mol. The van der Waals surface area contributed by atoms with Crippen molar-refractivity contribution in [1.29, 1.82) is 0 Å². The molecule has 2 aromatic carbocycles. The lowest BCUT2D eigenvalue weighted by Crippen LogP contribution is -2.44. The quantitative estimate of drug-likeness (QED) is 0.745. The molecule has 0 bridgehead atoms. The molecule has 3 rings (SSSR count). The Morgan fingerprint density at radius 3 is 2.57 bits per heavy atom. The zero-order valence-corrected chi connectivity index (χ0v) is 15.2. The van der Waals surface area contributed by atoms with Crippen LogP contribution in [0.3, 0.4) is 0 Å². The van der Waals surface area contributed by atoms with E-state index in [0.717, 1.165) is 23.8 Å². The smallest absolute Gasteiger partial charge is 0.325 e. The van der Waals surface area contributed by atoms with Crippen molar-refractivity contribution in [1.82, 2.24) is 15.5 Å². The van der Waals surface area contributed by atoms with Crippen molar-refractivity contribution in [3.8, 4) is 0 Å². The molecule has 0 aliphatic carbocycles. The van der Waals surface area contributed by atoms with Crippen molar-refractivity contribution in [2.45, 2.75) is 18.9 Å². The summed E-state index contributed by atoms with van der Waals surface area (Å²) in [5, 5.41) is 4.99. The minimum absolute atomic E-state index is 0.294. The van der Waals surface area contributed by atoms with Crippen LogP contribution in [0.25, 0.3) is 0 Å². The number of halogens is 2. The van der Waals surface area contributed by atoms with Crippen LogP contribution in [0.15, 0.2) is 48.5 Å². The number of hydrogen-bond donors (Lipinski definition) is 2. The summed E-state index contributed by atoms with van der Waals surface area (Å²) in [5.74, 6) is -2.91. The molecule has 0 saturated carbocycles. The normalized spacial score (nSPS) is 18.9. The molecule has 146 valence electrons. The topological polar surface area (TPSA) is 78.5 Å². The van der Waals surface area contributed by atoms with Gasteiger partial charge in [0.15, 0.2) is 0 Å². The Morgan fingerprint density at radius 2 is 1.86 bits per heavy atom. The summed E-state index contributed by atoms with van der Waals surface area (Å²) < 4.78 is 27.6. The molecule has 6 nitrogen and oxygen atoms in total. The number of imide groups is 1. The number of amides is 4. The molecule has 1 atom stereocenters. The van der Waals surface area contributed by atoms with Crippen molar-refractivity contribution in [2.24, 2.45) is 0 Å². The van der Waals surface area contributed by atoms with Crippen molar-refractivity contribution in [2.75, 3.05) is 13.1 Å². The van der Waals surface area contributed by atoms with Gasteiger partial charge in [-0.1, -0.05) is 30.3 Å². The first kappa shape index (κ1) is 19.5. The molecule has 0 aromatic heterocycles. The van der Waals surface area contributed by atoms with Crippen molar-refractivity contribution in [3.63, 3.8) is 0 Å². The van der Waals surface area contributed by atoms with Gasteiger partial charge in [0.25, 0.3) is 5.91 Å². The molecule has 1 heterocycles. The summed E-state index contributed by atoms with van der Waals surface area (Å²) in [6.07, 6.45) is 0.596. The lowest BCUT2D eigenvalue weighted by atomic mass is 9.91. The second-order valence-electron chi connectivity index (χ2n) is 6.66. The molecular weight excluding hydrogens is 368 g/mol. The third-order valence-corrected chi connectivity index (χ3v) is 4.62. The fraction of sp³-hybridized carbons (Fsp3) is 0.250. The monoisotopic (exact) mass is 387 g/mol. The maximum atomic E-state index is 14.1. The number of benzene rings is 2. The Hall–Kier alpha value is -3.29. The van der Waals surface area contributed by atoms with Crippen molar-refractivity contribution in [3.05, 3.63) is 71.3 Å². The van der Waals surface area contributed by atoms with Gasteiger partial charge in [0.05, 0.1) is 0 Å². The molecule has 1 aliphatic heterocycles. The molecule has 2 aromatic rings. The van der Waals surface area contributed by atoms with Gasteiger partial charge in [-0.3, -0.25) is 14.5 Å². The highest BCUT2D eigenvalue weighted by Crippen LogP contribution is 2.31. The van der Waals surface area contributed by atoms with Gasteiger partial charge in [0.1, 0.15) is 23.7 Å². The van der Waals surface area contributed by atoms with Gasteiger partial charge in [0.2, 0.25) is 5.91 Å². The molecule has 4 amide bonds. The zero-order valence-electron chi connectivity index (χ0n) is 15.2. The maximum absolute atomic E-state index is 14.1. The lowest BCUT2D eigenvalue weighted by molar-refractivity contribution is -0.134. The van der Waals surface area contributed by atoms with Crippen LogP contribution in [0, 0.1) is 11.6 Å². The maximum Gasteiger partial charge on any atom is 0.325 e. The lowest BCUT2D eigenvalue weighted by Gasteiger charge is -2.22. The van der Waals surface area contributed by atoms with Gasteiger partial charge in [-0.2, -0.15) is 0 Å². The summed E-state index contributed by atoms with van der Waals surface area (Å²) in [5.41, 5.74) is -1.04. The summed E-state index contributed by atoms with van der Waals surface area (Å²) in [4.78, 5) is 37.7. The van der Waals surface area contributed by atoms with Crippen LogP contribution >= 0.6 is 0 Å². The van der Waals surface area contributed by atoms with E-state index in [2.05, 4.69) is 10.6 Å². The van der Waals surface area contributed by atoms with Crippen LogP contribution < -0.4 is 10.6 Å². The van der Waals surface area contributed by atoms with Gasteiger partial charge in [0, 0.05) is 12.1 Å². The second kappa shape index (κ2) is 7.75. The second-order valence-corrected chi connectivity index (χ2v) is 6.66. The fourth-order valence-electron chi connectivity index (χ4n) is 3.09. The largest absolute Gasteiger partial charge is 0.354 e. The average Bonchev–Trinajstić information content (AvgIpc) is 2.88. The Morgan fingerprint density at radius 1 is 1.14 bits per heavy atom. The highest BCUT2D eigenvalue weighted by Gasteiger charge is 2.50. The van der Waals surface area contributed by atoms with Gasteiger partial charge in [-0.05, 0) is 37.1 Å².